The van der Waals surface area contributed by atoms with E-state index in [1.54, 1.807) is 0 Å². The summed E-state index contributed by atoms with van der Waals surface area (Å²) in [6, 6.07) is 0. The molecule has 78 valence electrons. The summed E-state index contributed by atoms with van der Waals surface area (Å²) in [6.45, 7) is 0.696. The first kappa shape index (κ1) is 11.3. The minimum absolute atomic E-state index is 0.126. The number of hydrogen-bond acceptors (Lipinski definition) is 2. The normalized spacial score (nSPS) is 24.5. The molecule has 0 aliphatic carbocycles. The van der Waals surface area contributed by atoms with Gasteiger partial charge in [0.2, 0.25) is 0 Å². The van der Waals surface area contributed by atoms with Gasteiger partial charge in [0.1, 0.15) is 0 Å². The Balaban J connectivity index is 2.48. The zero-order valence-electron chi connectivity index (χ0n) is 6.83. The van der Waals surface area contributed by atoms with Gasteiger partial charge in [0.15, 0.2) is 0 Å². The maximum atomic E-state index is 10.7. The minimum Gasteiger partial charge on any atom is -0.335 e. The Labute approximate surface area is 76.1 Å². The maximum absolute atomic E-state index is 10.7. The van der Waals surface area contributed by atoms with Crippen LogP contribution in [-0.4, -0.2) is 50.2 Å². The maximum Gasteiger partial charge on any atom is 0.403 e. The largest absolute Gasteiger partial charge is 0.403 e. The SMILES string of the molecule is O=[PH](O)N1CCN(P(=O)(O)O)CC1. The molecule has 13 heavy (non-hydrogen) atoms. The quantitative estimate of drug-likeness (QED) is 0.527. The molecule has 1 fully saturated rings. The summed E-state index contributed by atoms with van der Waals surface area (Å²) < 4.78 is 23.7. The van der Waals surface area contributed by atoms with Gasteiger partial charge >= 0.3 is 7.75 Å². The second-order valence-corrected chi connectivity index (χ2v) is 5.53. The van der Waals surface area contributed by atoms with Crippen molar-refractivity contribution in [3.8, 4) is 0 Å². The zero-order valence-corrected chi connectivity index (χ0v) is 8.72. The predicted molar refractivity (Wildman–Crippen MR) is 46.4 cm³/mol. The van der Waals surface area contributed by atoms with Gasteiger partial charge in [0.25, 0.3) is 8.18 Å². The van der Waals surface area contributed by atoms with Gasteiger partial charge in [-0.1, -0.05) is 0 Å². The fourth-order valence-corrected chi connectivity index (χ4v) is 2.43. The van der Waals surface area contributed by atoms with Gasteiger partial charge in [0.05, 0.1) is 0 Å². The highest BCUT2D eigenvalue weighted by Crippen LogP contribution is 2.41. The third-order valence-corrected chi connectivity index (χ3v) is 4.02. The van der Waals surface area contributed by atoms with Gasteiger partial charge in [0, 0.05) is 26.2 Å². The van der Waals surface area contributed by atoms with Crippen LogP contribution in [0.25, 0.3) is 0 Å². The highest BCUT2D eigenvalue weighted by Gasteiger charge is 2.30. The number of nitrogens with zero attached hydrogens (tertiary/aromatic N) is 2. The highest BCUT2D eigenvalue weighted by molar-refractivity contribution is 7.49. The molecule has 7 nitrogen and oxygen atoms in total. The summed E-state index contributed by atoms with van der Waals surface area (Å²) in [5, 5.41) is 0. The smallest absolute Gasteiger partial charge is 0.335 e. The summed E-state index contributed by atoms with van der Waals surface area (Å²) in [6.07, 6.45) is 0. The monoisotopic (exact) mass is 230 g/mol. The summed E-state index contributed by atoms with van der Waals surface area (Å²) >= 11 is 0. The Hall–Kier alpha value is 0.260. The molecule has 1 aliphatic rings. The lowest BCUT2D eigenvalue weighted by Gasteiger charge is -2.32. The number of hydrogen-bond donors (Lipinski definition) is 3. The Bertz CT molecular complexity index is 245. The van der Waals surface area contributed by atoms with Gasteiger partial charge in [-0.25, -0.2) is 13.9 Å². The molecule has 0 bridgehead atoms. The molecule has 3 N–H and O–H groups in total. The van der Waals surface area contributed by atoms with E-state index in [1.807, 2.05) is 0 Å². The van der Waals surface area contributed by atoms with Crippen LogP contribution in [0.2, 0.25) is 0 Å². The van der Waals surface area contributed by atoms with Crippen molar-refractivity contribution in [2.45, 2.75) is 0 Å². The third kappa shape index (κ3) is 3.14. The van der Waals surface area contributed by atoms with E-state index in [0.29, 0.717) is 0 Å². The van der Waals surface area contributed by atoms with E-state index in [1.165, 1.54) is 4.67 Å². The van der Waals surface area contributed by atoms with Crippen LogP contribution < -0.4 is 0 Å². The van der Waals surface area contributed by atoms with Crippen molar-refractivity contribution in [1.82, 2.24) is 9.34 Å². The van der Waals surface area contributed by atoms with E-state index in [0.717, 1.165) is 4.67 Å². The molecule has 1 aliphatic heterocycles. The van der Waals surface area contributed by atoms with Crippen LogP contribution in [0.1, 0.15) is 0 Å². The molecule has 0 spiro atoms. The van der Waals surface area contributed by atoms with E-state index in [9.17, 15) is 9.13 Å². The molecule has 0 aromatic rings. The van der Waals surface area contributed by atoms with Crippen molar-refractivity contribution in [2.24, 2.45) is 0 Å². The fraction of sp³-hybridized carbons (Fsp3) is 1.00. The van der Waals surface area contributed by atoms with Gasteiger partial charge in [-0.05, 0) is 0 Å². The zero-order chi connectivity index (χ0) is 10.1. The van der Waals surface area contributed by atoms with Crippen LogP contribution in [0.4, 0.5) is 0 Å². The van der Waals surface area contributed by atoms with Crippen LogP contribution in [0.15, 0.2) is 0 Å². The van der Waals surface area contributed by atoms with Crippen molar-refractivity contribution in [2.75, 3.05) is 26.2 Å². The van der Waals surface area contributed by atoms with Gasteiger partial charge in [-0.15, -0.1) is 0 Å². The van der Waals surface area contributed by atoms with Gasteiger partial charge < -0.3 is 14.7 Å². The highest BCUT2D eigenvalue weighted by atomic mass is 31.2. The summed E-state index contributed by atoms with van der Waals surface area (Å²) in [5.74, 6) is 0. The molecule has 0 saturated carbocycles. The van der Waals surface area contributed by atoms with E-state index in [2.05, 4.69) is 0 Å². The Morgan fingerprint density at radius 3 is 1.92 bits per heavy atom. The molecule has 0 aromatic carbocycles. The molecule has 1 atom stereocenters. The van der Waals surface area contributed by atoms with Crippen LogP contribution in [0, 0.1) is 0 Å². The molecule has 1 unspecified atom stereocenters. The molecule has 0 aromatic heterocycles. The first-order valence-electron chi connectivity index (χ1n) is 3.70. The molecule has 0 amide bonds. The number of rotatable bonds is 2. The number of piperazine rings is 1. The van der Waals surface area contributed by atoms with E-state index >= 15 is 0 Å². The lowest BCUT2D eigenvalue weighted by Crippen LogP contribution is -2.41. The molecule has 1 saturated heterocycles. The first-order chi connectivity index (χ1) is 5.91. The van der Waals surface area contributed by atoms with E-state index < -0.39 is 15.9 Å². The predicted octanol–water partition coefficient (Wildman–Crippen LogP) is -0.921. The molecule has 1 rings (SSSR count). The molecular weight excluding hydrogens is 218 g/mol. The topological polar surface area (TPSA) is 101 Å². The van der Waals surface area contributed by atoms with E-state index in [-0.39, 0.29) is 26.2 Å². The van der Waals surface area contributed by atoms with Crippen molar-refractivity contribution < 1.29 is 23.8 Å². The molecular formula is C4H12N2O5P2. The Kier molecular flexibility index (Phi) is 3.65. The van der Waals surface area contributed by atoms with E-state index in [4.69, 9.17) is 14.7 Å². The Morgan fingerprint density at radius 2 is 1.62 bits per heavy atom. The van der Waals surface area contributed by atoms with Crippen LogP contribution >= 0.6 is 15.9 Å². The van der Waals surface area contributed by atoms with Crippen LogP contribution in [-0.2, 0) is 9.13 Å². The minimum atomic E-state index is -4.16. The summed E-state index contributed by atoms with van der Waals surface area (Å²) in [4.78, 5) is 26.2. The molecule has 0 radical (unpaired) electrons. The van der Waals surface area contributed by atoms with Crippen LogP contribution in [0.3, 0.4) is 0 Å². The van der Waals surface area contributed by atoms with Gasteiger partial charge in [-0.3, -0.25) is 4.57 Å². The van der Waals surface area contributed by atoms with Gasteiger partial charge in [-0.2, -0.15) is 0 Å². The molecule has 9 heteroatoms. The van der Waals surface area contributed by atoms with Crippen molar-refractivity contribution in [3.63, 3.8) is 0 Å². The standard InChI is InChI=1S/C4H12N2O5P2/c7-12(8)5-1-3-6(4-2-5)13(9,10)11/h12H,1-4H2,(H,7,8)(H2,9,10,11). The summed E-state index contributed by atoms with van der Waals surface area (Å²) in [5.41, 5.74) is 0. The fourth-order valence-electron chi connectivity index (χ4n) is 1.15. The van der Waals surface area contributed by atoms with Crippen molar-refractivity contribution in [3.05, 3.63) is 0 Å². The van der Waals surface area contributed by atoms with Crippen molar-refractivity contribution >= 4 is 15.9 Å². The third-order valence-electron chi connectivity index (χ3n) is 1.90. The second-order valence-electron chi connectivity index (χ2n) is 2.74. The van der Waals surface area contributed by atoms with Crippen molar-refractivity contribution in [1.29, 1.82) is 0 Å². The van der Waals surface area contributed by atoms with Crippen LogP contribution in [0.5, 0.6) is 0 Å². The second kappa shape index (κ2) is 4.19. The average Bonchev–Trinajstić information content (AvgIpc) is 2.03. The lowest BCUT2D eigenvalue weighted by molar-refractivity contribution is 0.208. The first-order valence-corrected chi connectivity index (χ1v) is 6.57. The molecule has 1 heterocycles. The summed E-state index contributed by atoms with van der Waals surface area (Å²) in [7, 11) is -6.86. The average molecular weight is 230 g/mol. The Morgan fingerprint density at radius 1 is 1.15 bits per heavy atom. The lowest BCUT2D eigenvalue weighted by atomic mass is 10.4.